The highest BCUT2D eigenvalue weighted by atomic mass is 35.5. The highest BCUT2D eigenvalue weighted by Gasteiger charge is 2.27. The fourth-order valence-corrected chi connectivity index (χ4v) is 6.80. The lowest BCUT2D eigenvalue weighted by Crippen LogP contribution is -2.22. The summed E-state index contributed by atoms with van der Waals surface area (Å²) < 4.78 is 15.8. The molecule has 0 aliphatic rings. The van der Waals surface area contributed by atoms with Gasteiger partial charge in [0.25, 0.3) is 0 Å². The van der Waals surface area contributed by atoms with E-state index in [1.807, 2.05) is 68.1 Å². The van der Waals surface area contributed by atoms with Gasteiger partial charge in [-0.2, -0.15) is 5.10 Å². The zero-order valence-corrected chi connectivity index (χ0v) is 29.0. The first-order valence-corrected chi connectivity index (χ1v) is 19.3. The third-order valence-electron chi connectivity index (χ3n) is 7.89. The van der Waals surface area contributed by atoms with E-state index in [1.165, 1.54) is 0 Å². The maximum absolute atomic E-state index is 12.7. The number of benzene rings is 2. The van der Waals surface area contributed by atoms with Gasteiger partial charge in [0.15, 0.2) is 0 Å². The number of carboxylic acids is 1. The number of hydrogen-bond donors (Lipinski definition) is 1. The first-order valence-electron chi connectivity index (χ1n) is 14.8. The Labute approximate surface area is 265 Å². The molecular formula is C33H43Cl2N3O4Si. The Morgan fingerprint density at radius 1 is 1.02 bits per heavy atom. The zero-order chi connectivity index (χ0) is 31.6. The van der Waals surface area contributed by atoms with Crippen LogP contribution >= 0.6 is 23.2 Å². The van der Waals surface area contributed by atoms with E-state index in [1.54, 1.807) is 0 Å². The average Bonchev–Trinajstić information content (AvgIpc) is 3.40. The van der Waals surface area contributed by atoms with Gasteiger partial charge in [0.05, 0.1) is 22.8 Å². The number of halogens is 2. The molecule has 10 heteroatoms. The van der Waals surface area contributed by atoms with Crippen LogP contribution in [0.15, 0.2) is 24.3 Å². The van der Waals surface area contributed by atoms with Gasteiger partial charge in [0.1, 0.15) is 18.2 Å². The van der Waals surface area contributed by atoms with Gasteiger partial charge in [-0.25, -0.2) is 9.48 Å². The summed E-state index contributed by atoms with van der Waals surface area (Å²) >= 11 is 13.2. The van der Waals surface area contributed by atoms with Crippen molar-refractivity contribution in [2.45, 2.75) is 86.4 Å². The monoisotopic (exact) mass is 643 g/mol. The first-order chi connectivity index (χ1) is 20.2. The standard InChI is InChI=1S/C33H43Cl2N3O4Si/c1-9-37-31-26(25(32(37)33(39)40)11-10-14-42-24-17-20(2)30(35)21(3)18-24)12-13-27(34)29(31)28-22(4)36-38(23(28)5)19-41-15-16-43(6,7)8/h12-13,17-18H,9-11,14-16,19H2,1-8H3,(H,39,40). The van der Waals surface area contributed by atoms with Crippen LogP contribution in [0.25, 0.3) is 22.0 Å². The van der Waals surface area contributed by atoms with E-state index >= 15 is 0 Å². The summed E-state index contributed by atoms with van der Waals surface area (Å²) in [5, 5.41) is 17.4. The molecule has 0 fully saturated rings. The lowest BCUT2D eigenvalue weighted by atomic mass is 9.98. The lowest BCUT2D eigenvalue weighted by Gasteiger charge is -2.16. The Bertz CT molecular complexity index is 1630. The zero-order valence-electron chi connectivity index (χ0n) is 26.5. The summed E-state index contributed by atoms with van der Waals surface area (Å²) in [6.45, 7) is 18.8. The van der Waals surface area contributed by atoms with Gasteiger partial charge in [-0.3, -0.25) is 0 Å². The van der Waals surface area contributed by atoms with Crippen LogP contribution in [0, 0.1) is 27.7 Å². The van der Waals surface area contributed by atoms with Crippen LogP contribution in [-0.4, -0.2) is 46.7 Å². The van der Waals surface area contributed by atoms with Crippen molar-refractivity contribution in [2.24, 2.45) is 0 Å². The van der Waals surface area contributed by atoms with E-state index in [2.05, 4.69) is 19.6 Å². The predicted octanol–water partition coefficient (Wildman–Crippen LogP) is 9.09. The molecule has 0 aliphatic carbocycles. The van der Waals surface area contributed by atoms with Crippen LogP contribution in [-0.2, 0) is 24.4 Å². The van der Waals surface area contributed by atoms with Crippen molar-refractivity contribution in [1.29, 1.82) is 0 Å². The van der Waals surface area contributed by atoms with E-state index in [0.29, 0.717) is 44.4 Å². The molecule has 4 rings (SSSR count). The van der Waals surface area contributed by atoms with Gasteiger partial charge in [0.2, 0.25) is 0 Å². The maximum atomic E-state index is 12.7. The van der Waals surface area contributed by atoms with Gasteiger partial charge >= 0.3 is 5.97 Å². The molecule has 0 aliphatic heterocycles. The quantitative estimate of drug-likeness (QED) is 0.116. The minimum atomic E-state index is -1.20. The highest BCUT2D eigenvalue weighted by Crippen LogP contribution is 2.42. The Hall–Kier alpha value is -2.78. The molecule has 0 bridgehead atoms. The van der Waals surface area contributed by atoms with E-state index in [0.717, 1.165) is 66.9 Å². The van der Waals surface area contributed by atoms with Crippen LogP contribution in [0.1, 0.15) is 51.9 Å². The summed E-state index contributed by atoms with van der Waals surface area (Å²) in [6.07, 6.45) is 1.19. The number of ether oxygens (including phenoxy) is 2. The molecule has 0 spiro atoms. The molecule has 0 unspecified atom stereocenters. The van der Waals surface area contributed by atoms with E-state index in [9.17, 15) is 9.90 Å². The molecule has 0 atom stereocenters. The Morgan fingerprint density at radius 2 is 1.70 bits per heavy atom. The van der Waals surface area contributed by atoms with Crippen molar-refractivity contribution in [3.8, 4) is 16.9 Å². The number of nitrogens with zero attached hydrogens (tertiary/aromatic N) is 3. The van der Waals surface area contributed by atoms with Gasteiger partial charge in [0, 0.05) is 48.5 Å². The molecule has 232 valence electrons. The fraction of sp³-hybridized carbons (Fsp3) is 0.455. The van der Waals surface area contributed by atoms with Crippen molar-refractivity contribution in [3.63, 3.8) is 0 Å². The van der Waals surface area contributed by atoms with Gasteiger partial charge < -0.3 is 19.1 Å². The Balaban J connectivity index is 1.69. The summed E-state index contributed by atoms with van der Waals surface area (Å²) in [6, 6.07) is 8.75. The molecule has 2 aromatic carbocycles. The molecule has 0 saturated heterocycles. The minimum Gasteiger partial charge on any atom is -0.494 e. The Kier molecular flexibility index (Phi) is 10.4. The second kappa shape index (κ2) is 13.5. The highest BCUT2D eigenvalue weighted by molar-refractivity contribution is 6.76. The molecule has 2 aromatic heterocycles. The molecule has 0 radical (unpaired) electrons. The number of rotatable bonds is 13. The molecule has 2 heterocycles. The SMILES string of the molecule is CCn1c(C(=O)O)c(CCCOc2cc(C)c(Cl)c(C)c2)c2ccc(Cl)c(-c3c(C)nn(COCC[Si](C)(C)C)c3C)c21. The Morgan fingerprint density at radius 3 is 2.30 bits per heavy atom. The third-order valence-corrected chi connectivity index (χ3v) is 10.5. The first kappa shape index (κ1) is 33.1. The van der Waals surface area contributed by atoms with Crippen LogP contribution in [0.3, 0.4) is 0 Å². The molecule has 4 aromatic rings. The van der Waals surface area contributed by atoms with E-state index in [4.69, 9.17) is 37.8 Å². The van der Waals surface area contributed by atoms with Crippen LogP contribution in [0.2, 0.25) is 35.7 Å². The number of carboxylic acid groups (broad SMARTS) is 1. The normalized spacial score (nSPS) is 12.0. The number of aromatic nitrogens is 3. The smallest absolute Gasteiger partial charge is 0.352 e. The molecule has 0 amide bonds. The lowest BCUT2D eigenvalue weighted by molar-refractivity contribution is 0.0684. The summed E-state index contributed by atoms with van der Waals surface area (Å²) in [5.41, 5.74) is 7.30. The van der Waals surface area contributed by atoms with Crippen molar-refractivity contribution >= 4 is 48.1 Å². The van der Waals surface area contributed by atoms with E-state index in [-0.39, 0.29) is 5.69 Å². The maximum Gasteiger partial charge on any atom is 0.352 e. The van der Waals surface area contributed by atoms with Crippen molar-refractivity contribution in [1.82, 2.24) is 14.3 Å². The third kappa shape index (κ3) is 7.14. The summed E-state index contributed by atoms with van der Waals surface area (Å²) in [4.78, 5) is 12.7. The van der Waals surface area contributed by atoms with Crippen molar-refractivity contribution in [2.75, 3.05) is 13.2 Å². The number of aryl methyl sites for hydroxylation is 5. The van der Waals surface area contributed by atoms with Crippen LogP contribution < -0.4 is 4.74 Å². The fourth-order valence-electron chi connectivity index (χ4n) is 5.69. The number of carbonyl (C=O) groups is 1. The molecule has 7 nitrogen and oxygen atoms in total. The second-order valence-electron chi connectivity index (χ2n) is 12.4. The van der Waals surface area contributed by atoms with Crippen LogP contribution in [0.4, 0.5) is 0 Å². The van der Waals surface area contributed by atoms with Crippen LogP contribution in [0.5, 0.6) is 5.75 Å². The molecule has 1 N–H and O–H groups in total. The number of aromatic carboxylic acids is 1. The molecule has 0 saturated carbocycles. The van der Waals surface area contributed by atoms with E-state index < -0.39 is 14.0 Å². The van der Waals surface area contributed by atoms with Gasteiger partial charge in [-0.1, -0.05) is 48.9 Å². The number of hydrogen-bond acceptors (Lipinski definition) is 4. The topological polar surface area (TPSA) is 78.5 Å². The predicted molar refractivity (Wildman–Crippen MR) is 179 cm³/mol. The number of fused-ring (bicyclic) bond motifs is 1. The largest absolute Gasteiger partial charge is 0.494 e. The molecular weight excluding hydrogens is 601 g/mol. The summed E-state index contributed by atoms with van der Waals surface area (Å²) in [5.74, 6) is -0.199. The van der Waals surface area contributed by atoms with Gasteiger partial charge in [-0.15, -0.1) is 0 Å². The van der Waals surface area contributed by atoms with Crippen molar-refractivity contribution < 1.29 is 19.4 Å². The average molecular weight is 645 g/mol. The second-order valence-corrected chi connectivity index (χ2v) is 18.8. The minimum absolute atomic E-state index is 0.288. The molecule has 43 heavy (non-hydrogen) atoms. The van der Waals surface area contributed by atoms with Gasteiger partial charge in [-0.05, 0) is 88.4 Å². The summed E-state index contributed by atoms with van der Waals surface area (Å²) in [7, 11) is -1.20. The van der Waals surface area contributed by atoms with Crippen molar-refractivity contribution in [3.05, 3.63) is 68.1 Å².